The van der Waals surface area contributed by atoms with Gasteiger partial charge >= 0.3 is 0 Å². The van der Waals surface area contributed by atoms with Gasteiger partial charge in [-0.15, -0.1) is 0 Å². The van der Waals surface area contributed by atoms with E-state index in [0.29, 0.717) is 6.10 Å². The zero-order valence-electron chi connectivity index (χ0n) is 12.3. The fourth-order valence-corrected chi connectivity index (χ4v) is 3.86. The van der Waals surface area contributed by atoms with Gasteiger partial charge in [-0.25, -0.2) is 0 Å². The van der Waals surface area contributed by atoms with E-state index in [9.17, 15) is 0 Å². The van der Waals surface area contributed by atoms with Gasteiger partial charge in [-0.3, -0.25) is 0 Å². The van der Waals surface area contributed by atoms with E-state index in [1.807, 2.05) is 0 Å². The fourth-order valence-electron chi connectivity index (χ4n) is 3.86. The molecule has 0 aromatic heterocycles. The molecule has 0 spiro atoms. The van der Waals surface area contributed by atoms with Crippen LogP contribution < -0.4 is 0 Å². The molecule has 2 bridgehead atoms. The van der Waals surface area contributed by atoms with Crippen molar-refractivity contribution in [1.82, 2.24) is 0 Å². The topological polar surface area (TPSA) is 9.23 Å². The molecule has 0 amide bonds. The van der Waals surface area contributed by atoms with Gasteiger partial charge < -0.3 is 4.74 Å². The minimum absolute atomic E-state index is 0.647. The molecule has 2 aliphatic carbocycles. The Bertz CT molecular complexity index is 214. The highest BCUT2D eigenvalue weighted by Crippen LogP contribution is 2.45. The Balaban J connectivity index is 1.36. The zero-order chi connectivity index (χ0) is 12.6. The average Bonchev–Trinajstić information content (AvgIpc) is 2.99. The Hall–Kier alpha value is -0.0400. The van der Waals surface area contributed by atoms with E-state index in [0.717, 1.165) is 18.4 Å². The first-order chi connectivity index (χ1) is 8.90. The Morgan fingerprint density at radius 2 is 1.56 bits per heavy atom. The Morgan fingerprint density at radius 3 is 2.17 bits per heavy atom. The first-order valence-electron chi connectivity index (χ1n) is 8.51. The summed E-state index contributed by atoms with van der Waals surface area (Å²) >= 11 is 0. The highest BCUT2D eigenvalue weighted by Gasteiger charge is 2.39. The standard InChI is InChI=1S/C17H32O/c1-2-3-4-5-6-7-8-9-12-18-17-14-15-10-11-16(17)13-15/h15-17H,2-14H2,1H3. The van der Waals surface area contributed by atoms with Crippen LogP contribution in [-0.2, 0) is 4.74 Å². The lowest BCUT2D eigenvalue weighted by atomic mass is 9.98. The number of rotatable bonds is 10. The number of ether oxygens (including phenoxy) is 1. The van der Waals surface area contributed by atoms with E-state index in [1.165, 1.54) is 77.0 Å². The first kappa shape index (κ1) is 14.4. The maximum atomic E-state index is 6.08. The molecule has 0 aromatic rings. The molecule has 2 rings (SSSR count). The van der Waals surface area contributed by atoms with E-state index < -0.39 is 0 Å². The zero-order valence-corrected chi connectivity index (χ0v) is 12.3. The van der Waals surface area contributed by atoms with Crippen molar-refractivity contribution >= 4 is 0 Å². The highest BCUT2D eigenvalue weighted by molar-refractivity contribution is 4.90. The van der Waals surface area contributed by atoms with Gasteiger partial charge in [-0.2, -0.15) is 0 Å². The van der Waals surface area contributed by atoms with Crippen LogP contribution in [-0.4, -0.2) is 12.7 Å². The number of unbranched alkanes of at least 4 members (excludes halogenated alkanes) is 7. The van der Waals surface area contributed by atoms with Gasteiger partial charge in [0.15, 0.2) is 0 Å². The van der Waals surface area contributed by atoms with E-state index in [1.54, 1.807) is 0 Å². The fraction of sp³-hybridized carbons (Fsp3) is 1.00. The summed E-state index contributed by atoms with van der Waals surface area (Å²) in [4.78, 5) is 0. The highest BCUT2D eigenvalue weighted by atomic mass is 16.5. The average molecular weight is 252 g/mol. The summed E-state index contributed by atoms with van der Waals surface area (Å²) in [5, 5.41) is 0. The van der Waals surface area contributed by atoms with Gasteiger partial charge in [0, 0.05) is 6.61 Å². The first-order valence-corrected chi connectivity index (χ1v) is 8.51. The van der Waals surface area contributed by atoms with Gasteiger partial charge in [0.2, 0.25) is 0 Å². The second kappa shape index (κ2) is 8.19. The molecule has 1 heteroatoms. The Morgan fingerprint density at radius 1 is 0.833 bits per heavy atom. The lowest BCUT2D eigenvalue weighted by Crippen LogP contribution is -2.20. The monoisotopic (exact) mass is 252 g/mol. The largest absolute Gasteiger partial charge is 0.378 e. The minimum Gasteiger partial charge on any atom is -0.378 e. The third kappa shape index (κ3) is 4.57. The molecule has 0 aliphatic heterocycles. The smallest absolute Gasteiger partial charge is 0.0606 e. The third-order valence-electron chi connectivity index (χ3n) is 5.00. The lowest BCUT2D eigenvalue weighted by Gasteiger charge is -2.22. The summed E-state index contributed by atoms with van der Waals surface area (Å²) in [6, 6.07) is 0. The summed E-state index contributed by atoms with van der Waals surface area (Å²) in [6.45, 7) is 3.32. The molecular weight excluding hydrogens is 220 g/mol. The van der Waals surface area contributed by atoms with Gasteiger partial charge in [-0.1, -0.05) is 51.9 Å². The van der Waals surface area contributed by atoms with Crippen molar-refractivity contribution in [1.29, 1.82) is 0 Å². The van der Waals surface area contributed by atoms with Crippen molar-refractivity contribution in [3.8, 4) is 0 Å². The molecule has 0 aromatic carbocycles. The molecule has 3 unspecified atom stereocenters. The van der Waals surface area contributed by atoms with E-state index in [-0.39, 0.29) is 0 Å². The molecule has 2 aliphatic rings. The summed E-state index contributed by atoms with van der Waals surface area (Å²) < 4.78 is 6.08. The van der Waals surface area contributed by atoms with Crippen LogP contribution in [0.2, 0.25) is 0 Å². The number of hydrogen-bond acceptors (Lipinski definition) is 1. The normalized spacial score (nSPS) is 30.2. The predicted octanol–water partition coefficient (Wildman–Crippen LogP) is 5.33. The molecular formula is C17H32O. The predicted molar refractivity (Wildman–Crippen MR) is 77.8 cm³/mol. The van der Waals surface area contributed by atoms with Gasteiger partial charge in [-0.05, 0) is 43.9 Å². The molecule has 0 N–H and O–H groups in total. The van der Waals surface area contributed by atoms with Crippen LogP contribution in [0, 0.1) is 11.8 Å². The van der Waals surface area contributed by atoms with E-state index in [4.69, 9.17) is 4.74 Å². The van der Waals surface area contributed by atoms with Crippen molar-refractivity contribution in [2.45, 2.75) is 90.1 Å². The van der Waals surface area contributed by atoms with Crippen LogP contribution in [0.25, 0.3) is 0 Å². The van der Waals surface area contributed by atoms with Crippen LogP contribution in [0.4, 0.5) is 0 Å². The molecule has 2 saturated carbocycles. The maximum Gasteiger partial charge on any atom is 0.0606 e. The van der Waals surface area contributed by atoms with Crippen molar-refractivity contribution in [2.75, 3.05) is 6.61 Å². The second-order valence-electron chi connectivity index (χ2n) is 6.56. The summed E-state index contributed by atoms with van der Waals surface area (Å²) in [5.41, 5.74) is 0. The van der Waals surface area contributed by atoms with Crippen LogP contribution in [0.1, 0.15) is 84.0 Å². The maximum absolute atomic E-state index is 6.08. The molecule has 3 atom stereocenters. The van der Waals surface area contributed by atoms with Crippen molar-refractivity contribution in [3.63, 3.8) is 0 Å². The van der Waals surface area contributed by atoms with E-state index in [2.05, 4.69) is 6.92 Å². The number of fused-ring (bicyclic) bond motifs is 2. The molecule has 0 heterocycles. The van der Waals surface area contributed by atoms with Crippen LogP contribution in [0.3, 0.4) is 0 Å². The van der Waals surface area contributed by atoms with Gasteiger partial charge in [0.05, 0.1) is 6.10 Å². The van der Waals surface area contributed by atoms with Crippen LogP contribution in [0.5, 0.6) is 0 Å². The molecule has 106 valence electrons. The van der Waals surface area contributed by atoms with Crippen LogP contribution >= 0.6 is 0 Å². The van der Waals surface area contributed by atoms with Gasteiger partial charge in [0.1, 0.15) is 0 Å². The Kier molecular flexibility index (Phi) is 6.54. The number of hydrogen-bond donors (Lipinski definition) is 0. The SMILES string of the molecule is CCCCCCCCCCOC1CC2CCC1C2. The molecule has 1 nitrogen and oxygen atoms in total. The third-order valence-corrected chi connectivity index (χ3v) is 5.00. The summed E-state index contributed by atoms with van der Waals surface area (Å²) in [5.74, 6) is 1.96. The van der Waals surface area contributed by atoms with Crippen LogP contribution in [0.15, 0.2) is 0 Å². The van der Waals surface area contributed by atoms with Crippen molar-refractivity contribution < 1.29 is 4.74 Å². The summed E-state index contributed by atoms with van der Waals surface area (Å²) in [6.07, 6.45) is 17.6. The van der Waals surface area contributed by atoms with Crippen molar-refractivity contribution in [3.05, 3.63) is 0 Å². The lowest BCUT2D eigenvalue weighted by molar-refractivity contribution is 0.0145. The second-order valence-corrected chi connectivity index (χ2v) is 6.56. The van der Waals surface area contributed by atoms with Crippen molar-refractivity contribution in [2.24, 2.45) is 11.8 Å². The molecule has 0 saturated heterocycles. The van der Waals surface area contributed by atoms with E-state index >= 15 is 0 Å². The summed E-state index contributed by atoms with van der Waals surface area (Å²) in [7, 11) is 0. The molecule has 2 fully saturated rings. The van der Waals surface area contributed by atoms with Gasteiger partial charge in [0.25, 0.3) is 0 Å². The molecule has 0 radical (unpaired) electrons. The Labute approximate surface area is 114 Å². The molecule has 18 heavy (non-hydrogen) atoms. The quantitative estimate of drug-likeness (QED) is 0.477. The minimum atomic E-state index is 0.647.